The van der Waals surface area contributed by atoms with E-state index in [1.54, 1.807) is 24.7 Å². The number of likely N-dealkylation sites (tertiary alicyclic amines) is 2. The molecule has 3 aromatic rings. The first kappa shape index (κ1) is 30.7. The first-order chi connectivity index (χ1) is 20.7. The highest BCUT2D eigenvalue weighted by molar-refractivity contribution is 5.92. The van der Waals surface area contributed by atoms with Crippen molar-refractivity contribution in [3.63, 3.8) is 0 Å². The lowest BCUT2D eigenvalue weighted by atomic mass is 9.96. The third kappa shape index (κ3) is 8.00. The molecule has 0 unspecified atom stereocenters. The van der Waals surface area contributed by atoms with Gasteiger partial charge in [0.05, 0.1) is 5.56 Å². The Morgan fingerprint density at radius 1 is 0.953 bits per heavy atom. The lowest BCUT2D eigenvalue weighted by Crippen LogP contribution is -2.51. The van der Waals surface area contributed by atoms with E-state index in [9.17, 15) is 18.0 Å². The number of piperidine rings is 2. The zero-order valence-electron chi connectivity index (χ0n) is 24.7. The fourth-order valence-corrected chi connectivity index (χ4v) is 5.96. The van der Waals surface area contributed by atoms with Gasteiger partial charge in [-0.05, 0) is 93.4 Å². The number of carbonyl (C=O) groups is 1. The number of benzene rings is 1. The first-order valence-corrected chi connectivity index (χ1v) is 14.8. The minimum absolute atomic E-state index is 0.0615. The molecule has 10 heteroatoms. The zero-order chi connectivity index (χ0) is 30.4. The van der Waals surface area contributed by atoms with Crippen molar-refractivity contribution < 1.29 is 18.0 Å². The van der Waals surface area contributed by atoms with Crippen LogP contribution in [0.2, 0.25) is 0 Å². The van der Waals surface area contributed by atoms with Gasteiger partial charge in [0.25, 0.3) is 0 Å². The Morgan fingerprint density at radius 2 is 1.63 bits per heavy atom. The summed E-state index contributed by atoms with van der Waals surface area (Å²) < 4.78 is 38.9. The van der Waals surface area contributed by atoms with E-state index in [2.05, 4.69) is 26.8 Å². The maximum atomic E-state index is 13.6. The number of nitrogens with zero attached hydrogens (tertiary/aromatic N) is 6. The van der Waals surface area contributed by atoms with Gasteiger partial charge in [0.15, 0.2) is 0 Å². The molecule has 1 aromatic carbocycles. The molecule has 228 valence electrons. The Balaban J connectivity index is 1.29. The van der Waals surface area contributed by atoms with Crippen molar-refractivity contribution >= 4 is 23.5 Å². The third-order valence-electron chi connectivity index (χ3n) is 8.64. The number of aromatic nitrogens is 2. The quantitative estimate of drug-likeness (QED) is 0.306. The molecule has 5 rings (SSSR count). The van der Waals surface area contributed by atoms with E-state index < -0.39 is 11.7 Å². The predicted molar refractivity (Wildman–Crippen MR) is 163 cm³/mol. The maximum absolute atomic E-state index is 13.6. The highest BCUT2D eigenvalue weighted by atomic mass is 19.4. The largest absolute Gasteiger partial charge is 0.416 e. The lowest BCUT2D eigenvalue weighted by Gasteiger charge is -2.43. The molecule has 2 aliphatic heterocycles. The van der Waals surface area contributed by atoms with Crippen LogP contribution >= 0.6 is 0 Å². The van der Waals surface area contributed by atoms with E-state index >= 15 is 0 Å². The van der Waals surface area contributed by atoms with Gasteiger partial charge < -0.3 is 19.6 Å². The van der Waals surface area contributed by atoms with Crippen molar-refractivity contribution in [2.45, 2.75) is 50.5 Å². The zero-order valence-corrected chi connectivity index (χ0v) is 24.7. The number of alkyl halides is 3. The molecule has 0 radical (unpaired) electrons. The predicted octanol–water partition coefficient (Wildman–Crippen LogP) is 5.86. The first-order valence-electron chi connectivity index (χ1n) is 14.8. The van der Waals surface area contributed by atoms with Gasteiger partial charge in [-0.2, -0.15) is 13.2 Å². The van der Waals surface area contributed by atoms with Crippen molar-refractivity contribution in [2.75, 3.05) is 45.2 Å². The molecular formula is C33H39F3N6O. The van der Waals surface area contributed by atoms with E-state index in [1.165, 1.54) is 31.1 Å². The fraction of sp³-hybridized carbons (Fsp3) is 0.424. The van der Waals surface area contributed by atoms with E-state index in [4.69, 9.17) is 0 Å². The number of hydrogen-bond acceptors (Lipinski definition) is 6. The van der Waals surface area contributed by atoms with Crippen LogP contribution in [0.3, 0.4) is 0 Å². The van der Waals surface area contributed by atoms with Gasteiger partial charge >= 0.3 is 6.18 Å². The molecule has 7 nitrogen and oxygen atoms in total. The standard InChI is InChI=1S/C33H39F3N6O/c1-39-19-13-29(14-20-39)41-21-15-30(16-22-41)42(32(43)10-6-25-3-7-27(8-4-25)33(34,35)36)24-26-5-9-31(38-23-26)40(2)28-11-17-37-18-12-28/h3-12,17-18,23,29-30H,13-16,19-22,24H2,1-2H3/b10-6+. The number of amides is 1. The summed E-state index contributed by atoms with van der Waals surface area (Å²) in [6.07, 6.45) is 8.05. The second-order valence-electron chi connectivity index (χ2n) is 11.5. The third-order valence-corrected chi connectivity index (χ3v) is 8.64. The molecule has 4 heterocycles. The summed E-state index contributed by atoms with van der Waals surface area (Å²) in [5, 5.41) is 0. The normalized spacial score (nSPS) is 17.8. The molecule has 2 fully saturated rings. The molecule has 0 spiro atoms. The average Bonchev–Trinajstić information content (AvgIpc) is 3.03. The van der Waals surface area contributed by atoms with Gasteiger partial charge in [-0.3, -0.25) is 9.78 Å². The second-order valence-corrected chi connectivity index (χ2v) is 11.5. The van der Waals surface area contributed by atoms with Gasteiger partial charge in [0.1, 0.15) is 5.82 Å². The molecule has 0 saturated carbocycles. The van der Waals surface area contributed by atoms with E-state index in [1.807, 2.05) is 41.1 Å². The number of halogens is 3. The fourth-order valence-electron chi connectivity index (χ4n) is 5.96. The molecule has 2 aliphatic rings. The van der Waals surface area contributed by atoms with E-state index in [-0.39, 0.29) is 11.9 Å². The average molecular weight is 593 g/mol. The van der Waals surface area contributed by atoms with Crippen LogP contribution in [0.25, 0.3) is 6.08 Å². The second kappa shape index (κ2) is 13.7. The number of anilines is 2. The summed E-state index contributed by atoms with van der Waals surface area (Å²) in [5.74, 6) is 0.622. The molecule has 0 atom stereocenters. The minimum atomic E-state index is -4.39. The van der Waals surface area contributed by atoms with Gasteiger partial charge in [-0.25, -0.2) is 4.98 Å². The summed E-state index contributed by atoms with van der Waals surface area (Å²) in [7, 11) is 4.11. The van der Waals surface area contributed by atoms with Crippen LogP contribution in [-0.4, -0.2) is 82.9 Å². The van der Waals surface area contributed by atoms with Crippen molar-refractivity contribution in [3.8, 4) is 0 Å². The molecule has 0 bridgehead atoms. The van der Waals surface area contributed by atoms with Crippen LogP contribution in [-0.2, 0) is 17.5 Å². The van der Waals surface area contributed by atoms with Gasteiger partial charge in [0.2, 0.25) is 5.91 Å². The van der Waals surface area contributed by atoms with Gasteiger partial charge in [-0.1, -0.05) is 18.2 Å². The monoisotopic (exact) mass is 592 g/mol. The van der Waals surface area contributed by atoms with E-state index in [0.717, 1.165) is 68.2 Å². The Kier molecular flexibility index (Phi) is 9.77. The molecule has 0 aliphatic carbocycles. The smallest absolute Gasteiger partial charge is 0.332 e. The van der Waals surface area contributed by atoms with Crippen molar-refractivity contribution in [2.24, 2.45) is 0 Å². The van der Waals surface area contributed by atoms with Gasteiger partial charge in [0, 0.05) is 69.1 Å². The topological polar surface area (TPSA) is 55.8 Å². The Labute approximate surface area is 251 Å². The van der Waals surface area contributed by atoms with Crippen molar-refractivity contribution in [3.05, 3.63) is 89.9 Å². The number of carbonyl (C=O) groups excluding carboxylic acids is 1. The summed E-state index contributed by atoms with van der Waals surface area (Å²) in [6.45, 7) is 4.52. The van der Waals surface area contributed by atoms with Crippen LogP contribution in [0, 0.1) is 0 Å². The van der Waals surface area contributed by atoms with Crippen molar-refractivity contribution in [1.82, 2.24) is 24.7 Å². The Morgan fingerprint density at radius 3 is 2.23 bits per heavy atom. The van der Waals surface area contributed by atoms with Crippen molar-refractivity contribution in [1.29, 1.82) is 0 Å². The molecule has 2 aromatic heterocycles. The molecular weight excluding hydrogens is 553 g/mol. The minimum Gasteiger partial charge on any atom is -0.332 e. The summed E-state index contributed by atoms with van der Waals surface area (Å²) in [5.41, 5.74) is 1.72. The molecule has 1 amide bonds. The summed E-state index contributed by atoms with van der Waals surface area (Å²) >= 11 is 0. The lowest BCUT2D eigenvalue weighted by molar-refractivity contribution is -0.137. The molecule has 2 saturated heterocycles. The number of pyridine rings is 2. The Bertz CT molecular complexity index is 1350. The molecule has 43 heavy (non-hydrogen) atoms. The van der Waals surface area contributed by atoms with Crippen LogP contribution < -0.4 is 4.90 Å². The summed E-state index contributed by atoms with van der Waals surface area (Å²) in [6, 6.07) is 13.3. The van der Waals surface area contributed by atoms with E-state index in [0.29, 0.717) is 18.2 Å². The van der Waals surface area contributed by atoms with Crippen LogP contribution in [0.5, 0.6) is 0 Å². The van der Waals surface area contributed by atoms with Crippen LogP contribution in [0.1, 0.15) is 42.4 Å². The van der Waals surface area contributed by atoms with Crippen LogP contribution in [0.4, 0.5) is 24.7 Å². The molecule has 0 N–H and O–H groups in total. The maximum Gasteiger partial charge on any atom is 0.416 e. The number of rotatable bonds is 8. The van der Waals surface area contributed by atoms with Gasteiger partial charge in [-0.15, -0.1) is 0 Å². The summed E-state index contributed by atoms with van der Waals surface area (Å²) in [4.78, 5) is 31.2. The highest BCUT2D eigenvalue weighted by Gasteiger charge is 2.32. The highest BCUT2D eigenvalue weighted by Crippen LogP contribution is 2.30. The SMILES string of the molecule is CN1CCC(N2CCC(N(Cc3ccc(N(C)c4ccncc4)nc3)C(=O)/C=C/c3ccc(C(F)(F)F)cc3)CC2)CC1. The number of hydrogen-bond donors (Lipinski definition) is 0. The van der Waals surface area contributed by atoms with Crippen LogP contribution in [0.15, 0.2) is 73.2 Å². The Hall–Kier alpha value is -3.76.